The summed E-state index contributed by atoms with van der Waals surface area (Å²) in [6, 6.07) is 11.7. The van der Waals surface area contributed by atoms with Gasteiger partial charge in [-0.2, -0.15) is 0 Å². The summed E-state index contributed by atoms with van der Waals surface area (Å²) >= 11 is 3.53. The van der Waals surface area contributed by atoms with Crippen molar-refractivity contribution in [1.29, 1.82) is 0 Å². The first-order chi connectivity index (χ1) is 11.1. The predicted molar refractivity (Wildman–Crippen MR) is 97.6 cm³/mol. The molecule has 118 valence electrons. The summed E-state index contributed by atoms with van der Waals surface area (Å²) in [6.07, 6.45) is 2.90. The van der Waals surface area contributed by atoms with Crippen LogP contribution in [0.1, 0.15) is 30.0 Å². The lowest BCUT2D eigenvalue weighted by Crippen LogP contribution is -2.03. The van der Waals surface area contributed by atoms with Crippen LogP contribution in [0.25, 0.3) is 11.6 Å². The van der Waals surface area contributed by atoms with Crippen LogP contribution in [-0.2, 0) is 4.79 Å². The van der Waals surface area contributed by atoms with Crippen molar-refractivity contribution in [2.45, 2.75) is 20.3 Å². The molecule has 0 saturated heterocycles. The molecule has 2 aromatic carbocycles. The number of amides is 1. The second kappa shape index (κ2) is 6.59. The largest absolute Gasteiger partial charge is 0.494 e. The summed E-state index contributed by atoms with van der Waals surface area (Å²) in [6.45, 7) is 4.80. The average Bonchev–Trinajstić information content (AvgIpc) is 2.87. The predicted octanol–water partition coefficient (Wildman–Crippen LogP) is 5.04. The number of rotatable bonds is 4. The third-order valence-corrected chi connectivity index (χ3v) is 4.68. The van der Waals surface area contributed by atoms with Gasteiger partial charge >= 0.3 is 0 Å². The van der Waals surface area contributed by atoms with Gasteiger partial charge in [-0.25, -0.2) is 0 Å². The number of ether oxygens (including phenoxy) is 1. The van der Waals surface area contributed by atoms with Crippen molar-refractivity contribution in [2.24, 2.45) is 0 Å². The maximum absolute atomic E-state index is 12.3. The van der Waals surface area contributed by atoms with Crippen LogP contribution in [0.2, 0.25) is 0 Å². The number of carbonyl (C=O) groups excluding carboxylic acids is 1. The molecule has 4 heteroatoms. The van der Waals surface area contributed by atoms with E-state index < -0.39 is 0 Å². The molecular weight excluding hydrogens is 354 g/mol. The Kier molecular flexibility index (Phi) is 4.53. The highest BCUT2D eigenvalue weighted by Crippen LogP contribution is 2.38. The monoisotopic (exact) mass is 371 g/mol. The van der Waals surface area contributed by atoms with Crippen molar-refractivity contribution >= 4 is 39.2 Å². The van der Waals surface area contributed by atoms with E-state index in [1.54, 1.807) is 0 Å². The lowest BCUT2D eigenvalue weighted by atomic mass is 9.99. The number of nitrogens with one attached hydrogen (secondary N) is 1. The zero-order chi connectivity index (χ0) is 16.4. The number of benzene rings is 2. The summed E-state index contributed by atoms with van der Waals surface area (Å²) in [5, 5.41) is 2.92. The third-order valence-electron chi connectivity index (χ3n) is 3.83. The molecule has 0 aliphatic carbocycles. The van der Waals surface area contributed by atoms with Crippen LogP contribution in [0.3, 0.4) is 0 Å². The van der Waals surface area contributed by atoms with Crippen molar-refractivity contribution in [3.05, 3.63) is 57.6 Å². The van der Waals surface area contributed by atoms with Crippen LogP contribution < -0.4 is 10.1 Å². The Morgan fingerprint density at radius 1 is 1.17 bits per heavy atom. The Bertz CT molecular complexity index is 779. The molecule has 1 aliphatic rings. The lowest BCUT2D eigenvalue weighted by Gasteiger charge is -2.07. The number of anilines is 1. The van der Waals surface area contributed by atoms with E-state index in [1.807, 2.05) is 49.4 Å². The first kappa shape index (κ1) is 15.8. The van der Waals surface area contributed by atoms with E-state index in [9.17, 15) is 4.79 Å². The van der Waals surface area contributed by atoms with Gasteiger partial charge in [0.2, 0.25) is 0 Å². The molecule has 23 heavy (non-hydrogen) atoms. The van der Waals surface area contributed by atoms with E-state index in [-0.39, 0.29) is 5.91 Å². The molecule has 0 aromatic heterocycles. The maximum atomic E-state index is 12.3. The third kappa shape index (κ3) is 3.17. The number of carbonyl (C=O) groups is 1. The second-order valence-corrected chi connectivity index (χ2v) is 6.38. The highest BCUT2D eigenvalue weighted by atomic mass is 79.9. The highest BCUT2D eigenvalue weighted by Gasteiger charge is 2.26. The summed E-state index contributed by atoms with van der Waals surface area (Å²) in [4.78, 5) is 12.3. The van der Waals surface area contributed by atoms with Crippen molar-refractivity contribution in [2.75, 3.05) is 11.9 Å². The van der Waals surface area contributed by atoms with Gasteiger partial charge in [0, 0.05) is 21.3 Å². The minimum atomic E-state index is -0.0625. The molecule has 0 unspecified atom stereocenters. The molecule has 1 aliphatic heterocycles. The number of halogens is 1. The topological polar surface area (TPSA) is 38.3 Å². The lowest BCUT2D eigenvalue weighted by molar-refractivity contribution is -0.110. The zero-order valence-electron chi connectivity index (χ0n) is 13.2. The van der Waals surface area contributed by atoms with Gasteiger partial charge in [0.1, 0.15) is 5.75 Å². The summed E-state index contributed by atoms with van der Waals surface area (Å²) in [7, 11) is 0. The zero-order valence-corrected chi connectivity index (χ0v) is 14.7. The molecule has 1 amide bonds. The van der Waals surface area contributed by atoms with E-state index in [2.05, 4.69) is 28.2 Å². The fourth-order valence-electron chi connectivity index (χ4n) is 2.63. The molecule has 0 saturated carbocycles. The van der Waals surface area contributed by atoms with Crippen LogP contribution in [-0.4, -0.2) is 12.5 Å². The maximum Gasteiger partial charge on any atom is 0.256 e. The number of fused-ring (bicyclic) bond motifs is 1. The fourth-order valence-corrected chi connectivity index (χ4v) is 2.96. The van der Waals surface area contributed by atoms with Gasteiger partial charge in [0.05, 0.1) is 6.61 Å². The van der Waals surface area contributed by atoms with Crippen molar-refractivity contribution < 1.29 is 9.53 Å². The second-order valence-electron chi connectivity index (χ2n) is 5.52. The van der Waals surface area contributed by atoms with Crippen molar-refractivity contribution in [3.63, 3.8) is 0 Å². The van der Waals surface area contributed by atoms with Crippen molar-refractivity contribution in [3.8, 4) is 5.75 Å². The van der Waals surface area contributed by atoms with Crippen molar-refractivity contribution in [1.82, 2.24) is 0 Å². The normalized spacial score (nSPS) is 14.7. The number of hydrogen-bond acceptors (Lipinski definition) is 2. The average molecular weight is 372 g/mol. The quantitative estimate of drug-likeness (QED) is 0.764. The number of hydrogen-bond donors (Lipinski definition) is 1. The van der Waals surface area contributed by atoms with Crippen LogP contribution >= 0.6 is 15.9 Å². The van der Waals surface area contributed by atoms with Crippen LogP contribution in [0, 0.1) is 6.92 Å². The Balaban J connectivity index is 1.95. The minimum Gasteiger partial charge on any atom is -0.494 e. The van der Waals surface area contributed by atoms with E-state index in [4.69, 9.17) is 4.74 Å². The Morgan fingerprint density at radius 3 is 2.61 bits per heavy atom. The van der Waals surface area contributed by atoms with Crippen LogP contribution in [0.4, 0.5) is 5.69 Å². The molecule has 0 atom stereocenters. The molecule has 0 spiro atoms. The van der Waals surface area contributed by atoms with Gasteiger partial charge in [-0.3, -0.25) is 4.79 Å². The van der Waals surface area contributed by atoms with E-state index in [1.165, 1.54) is 0 Å². The molecule has 0 radical (unpaired) electrons. The molecule has 0 fully saturated rings. The first-order valence-corrected chi connectivity index (χ1v) is 8.45. The molecule has 3 nitrogen and oxygen atoms in total. The van der Waals surface area contributed by atoms with Gasteiger partial charge in [-0.05, 0) is 54.8 Å². The highest BCUT2D eigenvalue weighted by molar-refractivity contribution is 9.10. The smallest absolute Gasteiger partial charge is 0.256 e. The van der Waals surface area contributed by atoms with E-state index in [0.29, 0.717) is 12.2 Å². The Morgan fingerprint density at radius 2 is 1.91 bits per heavy atom. The molecule has 1 heterocycles. The van der Waals surface area contributed by atoms with Gasteiger partial charge in [-0.1, -0.05) is 35.0 Å². The molecule has 0 bridgehead atoms. The van der Waals surface area contributed by atoms with Gasteiger partial charge < -0.3 is 10.1 Å². The summed E-state index contributed by atoms with van der Waals surface area (Å²) in [5.74, 6) is 0.789. The SMILES string of the molecule is CCCOc1ccc(C=C2C(=O)Nc3ccc(Br)c(C)c32)cc1. The van der Waals surface area contributed by atoms with Crippen LogP contribution in [0.5, 0.6) is 5.75 Å². The van der Waals surface area contributed by atoms with E-state index in [0.717, 1.165) is 39.0 Å². The Hall–Kier alpha value is -2.07. The van der Waals surface area contributed by atoms with Crippen LogP contribution in [0.15, 0.2) is 40.9 Å². The minimum absolute atomic E-state index is 0.0625. The molecule has 1 N–H and O–H groups in total. The molecule has 2 aromatic rings. The summed E-state index contributed by atoms with van der Waals surface area (Å²) < 4.78 is 6.59. The first-order valence-electron chi connectivity index (χ1n) is 7.65. The molecular formula is C19H18BrNO2. The Labute approximate surface area is 144 Å². The van der Waals surface area contributed by atoms with Gasteiger partial charge in [-0.15, -0.1) is 0 Å². The fraction of sp³-hybridized carbons (Fsp3) is 0.211. The van der Waals surface area contributed by atoms with Gasteiger partial charge in [0.15, 0.2) is 0 Å². The van der Waals surface area contributed by atoms with E-state index >= 15 is 0 Å². The summed E-state index contributed by atoms with van der Waals surface area (Å²) in [5.41, 5.74) is 4.57. The van der Waals surface area contributed by atoms with Gasteiger partial charge in [0.25, 0.3) is 5.91 Å². The molecule has 3 rings (SSSR count). The standard InChI is InChI=1S/C19H18BrNO2/c1-3-10-23-14-6-4-13(5-7-14)11-15-18-12(2)16(20)8-9-17(18)21-19(15)22/h4-9,11H,3,10H2,1-2H3,(H,21,22).